The van der Waals surface area contributed by atoms with Crippen molar-refractivity contribution in [2.24, 2.45) is 10.9 Å². The van der Waals surface area contributed by atoms with E-state index in [1.165, 1.54) is 11.3 Å². The monoisotopic (exact) mass is 366 g/mol. The highest BCUT2D eigenvalue weighted by Crippen LogP contribution is 2.17. The Bertz CT molecular complexity index is 688. The molecule has 0 radical (unpaired) electrons. The molecule has 1 unspecified atom stereocenters. The Balaban J connectivity index is 1.76. The van der Waals surface area contributed by atoms with Gasteiger partial charge in [-0.05, 0) is 43.9 Å². The topological polar surface area (TPSA) is 73.8 Å². The fraction of sp³-hybridized carbons (Fsp3) is 0.611. The highest BCUT2D eigenvalue weighted by atomic mass is 32.2. The van der Waals surface area contributed by atoms with Crippen LogP contribution in [-0.2, 0) is 9.84 Å². The maximum absolute atomic E-state index is 11.5. The van der Waals surface area contributed by atoms with E-state index in [4.69, 9.17) is 0 Å². The highest BCUT2D eigenvalue weighted by Gasteiger charge is 2.27. The third kappa shape index (κ3) is 6.23. The first-order valence-corrected chi connectivity index (χ1v) is 10.7. The summed E-state index contributed by atoms with van der Waals surface area (Å²) in [5, 5.41) is 6.56. The number of likely N-dealkylation sites (N-methyl/N-ethyl adjacent to an activating group) is 1. The Kier molecular flexibility index (Phi) is 7.11. The average molecular weight is 367 g/mol. The molecule has 0 saturated carbocycles. The van der Waals surface area contributed by atoms with Crippen molar-refractivity contribution in [1.82, 2.24) is 10.6 Å². The van der Waals surface area contributed by atoms with Gasteiger partial charge in [-0.25, -0.2) is 8.42 Å². The van der Waals surface area contributed by atoms with Crippen LogP contribution in [0, 0.1) is 12.8 Å². The lowest BCUT2D eigenvalue weighted by Crippen LogP contribution is -2.43. The first kappa shape index (κ1) is 19.6. The van der Waals surface area contributed by atoms with E-state index in [0.717, 1.165) is 32.0 Å². The summed E-state index contributed by atoms with van der Waals surface area (Å²) in [7, 11) is -1.09. The molecule has 2 N–H and O–H groups in total. The maximum Gasteiger partial charge on any atom is 0.191 e. The van der Waals surface area contributed by atoms with Gasteiger partial charge >= 0.3 is 0 Å². The third-order valence-corrected chi connectivity index (χ3v) is 6.37. The second-order valence-electron chi connectivity index (χ2n) is 6.57. The van der Waals surface area contributed by atoms with E-state index in [1.807, 2.05) is 0 Å². The molecule has 140 valence electrons. The lowest BCUT2D eigenvalue weighted by atomic mass is 10.1. The highest BCUT2D eigenvalue weighted by molar-refractivity contribution is 7.91. The van der Waals surface area contributed by atoms with E-state index in [0.29, 0.717) is 12.3 Å². The number of aliphatic imine (C=N–C) groups is 1. The van der Waals surface area contributed by atoms with Crippen LogP contribution in [-0.4, -0.2) is 59.1 Å². The van der Waals surface area contributed by atoms with Crippen molar-refractivity contribution in [2.45, 2.75) is 20.3 Å². The van der Waals surface area contributed by atoms with Gasteiger partial charge in [0, 0.05) is 38.9 Å². The van der Waals surface area contributed by atoms with E-state index in [9.17, 15) is 8.42 Å². The molecule has 1 fully saturated rings. The van der Waals surface area contributed by atoms with E-state index >= 15 is 0 Å². The standard InChI is InChI=1S/C18H30N4O2S/c1-4-22(17-7-5-6-15(2)12-17)10-9-20-18(19-3)21-13-16-8-11-25(23,24)14-16/h5-7,12,16H,4,8-11,13-14H2,1-3H3,(H2,19,20,21). The summed E-state index contributed by atoms with van der Waals surface area (Å²) in [6.45, 7) is 7.48. The minimum absolute atomic E-state index is 0.183. The fourth-order valence-corrected chi connectivity index (χ4v) is 4.96. The first-order chi connectivity index (χ1) is 11.9. The van der Waals surface area contributed by atoms with Gasteiger partial charge in [-0.2, -0.15) is 0 Å². The molecule has 1 aromatic carbocycles. The van der Waals surface area contributed by atoms with Crippen molar-refractivity contribution in [2.75, 3.05) is 49.6 Å². The number of hydrogen-bond acceptors (Lipinski definition) is 4. The number of sulfone groups is 1. The number of guanidine groups is 1. The summed E-state index contributed by atoms with van der Waals surface area (Å²) in [6, 6.07) is 8.50. The van der Waals surface area contributed by atoms with Gasteiger partial charge in [0.05, 0.1) is 11.5 Å². The normalized spacial score (nSPS) is 19.6. The number of hydrogen-bond donors (Lipinski definition) is 2. The molecule has 0 aliphatic carbocycles. The van der Waals surface area contributed by atoms with Crippen molar-refractivity contribution in [1.29, 1.82) is 0 Å². The number of nitrogens with one attached hydrogen (secondary N) is 2. The SMILES string of the molecule is CCN(CCNC(=NC)NCC1CCS(=O)(=O)C1)c1cccc(C)c1. The van der Waals surface area contributed by atoms with Crippen LogP contribution < -0.4 is 15.5 Å². The zero-order chi connectivity index (χ0) is 18.3. The van der Waals surface area contributed by atoms with Crippen LogP contribution in [0.25, 0.3) is 0 Å². The van der Waals surface area contributed by atoms with Crippen LogP contribution >= 0.6 is 0 Å². The van der Waals surface area contributed by atoms with Gasteiger partial charge in [0.2, 0.25) is 0 Å². The molecule has 0 spiro atoms. The maximum atomic E-state index is 11.5. The van der Waals surface area contributed by atoms with Crippen LogP contribution in [0.5, 0.6) is 0 Å². The number of anilines is 1. The average Bonchev–Trinajstić information content (AvgIpc) is 2.93. The summed E-state index contributed by atoms with van der Waals surface area (Å²) in [4.78, 5) is 6.54. The lowest BCUT2D eigenvalue weighted by molar-refractivity contribution is 0.567. The summed E-state index contributed by atoms with van der Waals surface area (Å²) >= 11 is 0. The van der Waals surface area contributed by atoms with Crippen LogP contribution in [0.2, 0.25) is 0 Å². The number of rotatable bonds is 7. The fourth-order valence-electron chi connectivity index (χ4n) is 3.10. The van der Waals surface area contributed by atoms with Crippen LogP contribution in [0.4, 0.5) is 5.69 Å². The van der Waals surface area contributed by atoms with Crippen molar-refractivity contribution < 1.29 is 8.42 Å². The number of nitrogens with zero attached hydrogens (tertiary/aromatic N) is 2. The molecule has 0 amide bonds. The van der Waals surface area contributed by atoms with Gasteiger partial charge in [0.15, 0.2) is 15.8 Å². The van der Waals surface area contributed by atoms with E-state index in [1.54, 1.807) is 7.05 Å². The Morgan fingerprint density at radius 2 is 2.16 bits per heavy atom. The van der Waals surface area contributed by atoms with E-state index < -0.39 is 9.84 Å². The summed E-state index contributed by atoms with van der Waals surface area (Å²) in [5.74, 6) is 1.51. The van der Waals surface area contributed by atoms with Crippen LogP contribution in [0.3, 0.4) is 0 Å². The van der Waals surface area contributed by atoms with Gasteiger partial charge in [-0.1, -0.05) is 12.1 Å². The van der Waals surface area contributed by atoms with Gasteiger partial charge in [0.25, 0.3) is 0 Å². The molecule has 1 heterocycles. The molecule has 0 bridgehead atoms. The van der Waals surface area contributed by atoms with Crippen molar-refractivity contribution >= 4 is 21.5 Å². The first-order valence-electron chi connectivity index (χ1n) is 8.90. The van der Waals surface area contributed by atoms with E-state index in [2.05, 4.69) is 58.6 Å². The smallest absolute Gasteiger partial charge is 0.191 e. The Labute approximate surface area is 151 Å². The Hall–Kier alpha value is -1.76. The molecule has 0 aromatic heterocycles. The van der Waals surface area contributed by atoms with Gasteiger partial charge < -0.3 is 15.5 Å². The molecule has 1 aliphatic rings. The molecule has 6 nitrogen and oxygen atoms in total. The third-order valence-electron chi connectivity index (χ3n) is 4.53. The van der Waals surface area contributed by atoms with Crippen LogP contribution in [0.15, 0.2) is 29.3 Å². The minimum atomic E-state index is -2.82. The molecule has 1 aliphatic heterocycles. The molecule has 25 heavy (non-hydrogen) atoms. The summed E-state index contributed by atoms with van der Waals surface area (Å²) in [6.07, 6.45) is 0.739. The van der Waals surface area contributed by atoms with Crippen LogP contribution in [0.1, 0.15) is 18.9 Å². The largest absolute Gasteiger partial charge is 0.370 e. The predicted molar refractivity (Wildman–Crippen MR) is 105 cm³/mol. The predicted octanol–water partition coefficient (Wildman–Crippen LogP) is 1.42. The second-order valence-corrected chi connectivity index (χ2v) is 8.80. The Morgan fingerprint density at radius 1 is 1.36 bits per heavy atom. The van der Waals surface area contributed by atoms with Crippen molar-refractivity contribution in [3.05, 3.63) is 29.8 Å². The zero-order valence-corrected chi connectivity index (χ0v) is 16.3. The van der Waals surface area contributed by atoms with Crippen molar-refractivity contribution in [3.63, 3.8) is 0 Å². The number of aryl methyl sites for hydroxylation is 1. The Morgan fingerprint density at radius 3 is 2.76 bits per heavy atom. The molecule has 7 heteroatoms. The van der Waals surface area contributed by atoms with E-state index in [-0.39, 0.29) is 11.7 Å². The minimum Gasteiger partial charge on any atom is -0.370 e. The lowest BCUT2D eigenvalue weighted by Gasteiger charge is -2.24. The molecule has 2 rings (SSSR count). The second kappa shape index (κ2) is 9.08. The molecule has 1 saturated heterocycles. The molecule has 1 aromatic rings. The molecule has 1 atom stereocenters. The van der Waals surface area contributed by atoms with Gasteiger partial charge in [-0.3, -0.25) is 4.99 Å². The summed E-state index contributed by atoms with van der Waals surface area (Å²) < 4.78 is 23.0. The quantitative estimate of drug-likeness (QED) is 0.564. The summed E-state index contributed by atoms with van der Waals surface area (Å²) in [5.41, 5.74) is 2.48. The van der Waals surface area contributed by atoms with Gasteiger partial charge in [0.1, 0.15) is 0 Å². The number of benzene rings is 1. The molecular formula is C18H30N4O2S. The van der Waals surface area contributed by atoms with Crippen molar-refractivity contribution in [3.8, 4) is 0 Å². The zero-order valence-electron chi connectivity index (χ0n) is 15.5. The van der Waals surface area contributed by atoms with Gasteiger partial charge in [-0.15, -0.1) is 0 Å². The molecular weight excluding hydrogens is 336 g/mol.